The van der Waals surface area contributed by atoms with Crippen LogP contribution in [0, 0.1) is 0 Å². The first-order valence-corrected chi connectivity index (χ1v) is 5.67. The number of hydrogen-bond donors (Lipinski definition) is 1. The molecule has 0 aliphatic carbocycles. The van der Waals surface area contributed by atoms with Crippen molar-refractivity contribution in [3.05, 3.63) is 5.82 Å². The van der Waals surface area contributed by atoms with Crippen molar-refractivity contribution in [2.45, 2.75) is 32.1 Å². The molecule has 0 aliphatic heterocycles. The molecular weight excluding hydrogens is 206 g/mol. The van der Waals surface area contributed by atoms with E-state index in [1.54, 1.807) is 0 Å². The van der Waals surface area contributed by atoms with Gasteiger partial charge in [0.2, 0.25) is 5.13 Å². The van der Waals surface area contributed by atoms with Gasteiger partial charge in [0.1, 0.15) is 5.82 Å². The second-order valence-electron chi connectivity index (χ2n) is 2.76. The predicted octanol–water partition coefficient (Wildman–Crippen LogP) is 2.53. The van der Waals surface area contributed by atoms with Crippen LogP contribution >= 0.6 is 23.1 Å². The Kier molecular flexibility index (Phi) is 4.45. The molecule has 0 aromatic carbocycles. The van der Waals surface area contributed by atoms with Crippen LogP contribution in [0.25, 0.3) is 0 Å². The lowest BCUT2D eigenvalue weighted by Gasteiger charge is -2.05. The van der Waals surface area contributed by atoms with Gasteiger partial charge >= 0.3 is 0 Å². The fraction of sp³-hybridized carbons (Fsp3) is 0.750. The molecule has 13 heavy (non-hydrogen) atoms. The normalized spacial score (nSPS) is 12.8. The van der Waals surface area contributed by atoms with Crippen LogP contribution in [-0.4, -0.2) is 21.3 Å². The van der Waals surface area contributed by atoms with Crippen LogP contribution in [0.15, 0.2) is 0 Å². The van der Waals surface area contributed by atoms with E-state index in [4.69, 9.17) is 11.6 Å². The lowest BCUT2D eigenvalue weighted by molar-refractivity contribution is 0.841. The smallest absolute Gasteiger partial charge is 0.202 e. The summed E-state index contributed by atoms with van der Waals surface area (Å²) >= 11 is 7.35. The summed E-state index contributed by atoms with van der Waals surface area (Å²) < 4.78 is 4.16. The average molecular weight is 220 g/mol. The Morgan fingerprint density at radius 2 is 2.31 bits per heavy atom. The zero-order valence-corrected chi connectivity index (χ0v) is 9.45. The molecule has 5 heteroatoms. The van der Waals surface area contributed by atoms with Crippen LogP contribution < -0.4 is 5.32 Å². The van der Waals surface area contributed by atoms with Gasteiger partial charge in [0.15, 0.2) is 0 Å². The van der Waals surface area contributed by atoms with Crippen molar-refractivity contribution in [1.82, 2.24) is 9.36 Å². The van der Waals surface area contributed by atoms with Gasteiger partial charge in [-0.2, -0.15) is 4.37 Å². The molecule has 3 nitrogen and oxygen atoms in total. The summed E-state index contributed by atoms with van der Waals surface area (Å²) in [6.07, 6.45) is 1.85. The van der Waals surface area contributed by atoms with Crippen LogP contribution in [0.3, 0.4) is 0 Å². The molecule has 1 atom stereocenters. The van der Waals surface area contributed by atoms with E-state index in [1.165, 1.54) is 11.5 Å². The first-order chi connectivity index (χ1) is 6.26. The van der Waals surface area contributed by atoms with E-state index in [0.29, 0.717) is 0 Å². The lowest BCUT2D eigenvalue weighted by Crippen LogP contribution is -2.12. The highest BCUT2D eigenvalue weighted by Crippen LogP contribution is 2.12. The second-order valence-corrected chi connectivity index (χ2v) is 4.12. The molecule has 0 fully saturated rings. The van der Waals surface area contributed by atoms with Crippen molar-refractivity contribution in [3.63, 3.8) is 0 Å². The SMILES string of the molecule is CCc1nsc(NCC(Cl)CC)n1. The molecule has 1 heterocycles. The van der Waals surface area contributed by atoms with E-state index in [0.717, 1.165) is 30.3 Å². The first-order valence-electron chi connectivity index (χ1n) is 4.46. The van der Waals surface area contributed by atoms with Crippen LogP contribution in [0.1, 0.15) is 26.1 Å². The number of anilines is 1. The lowest BCUT2D eigenvalue weighted by atomic mass is 10.3. The van der Waals surface area contributed by atoms with Gasteiger partial charge in [-0.05, 0) is 6.42 Å². The Bertz CT molecular complexity index is 251. The summed E-state index contributed by atoms with van der Waals surface area (Å²) in [5.74, 6) is 0.898. The van der Waals surface area contributed by atoms with Crippen molar-refractivity contribution < 1.29 is 0 Å². The molecule has 0 bridgehead atoms. The minimum Gasteiger partial charge on any atom is -0.359 e. The minimum absolute atomic E-state index is 0.175. The van der Waals surface area contributed by atoms with Crippen molar-refractivity contribution in [1.29, 1.82) is 0 Å². The van der Waals surface area contributed by atoms with E-state index < -0.39 is 0 Å². The van der Waals surface area contributed by atoms with Crippen LogP contribution in [0.2, 0.25) is 0 Å². The summed E-state index contributed by atoms with van der Waals surface area (Å²) in [6, 6.07) is 0. The van der Waals surface area contributed by atoms with Gasteiger partial charge in [0, 0.05) is 24.5 Å². The fourth-order valence-electron chi connectivity index (χ4n) is 0.812. The highest BCUT2D eigenvalue weighted by atomic mass is 35.5. The Labute approximate surface area is 87.7 Å². The zero-order valence-electron chi connectivity index (χ0n) is 7.88. The summed E-state index contributed by atoms with van der Waals surface area (Å²) in [7, 11) is 0. The van der Waals surface area contributed by atoms with Gasteiger partial charge in [-0.25, -0.2) is 4.98 Å². The van der Waals surface area contributed by atoms with E-state index in [1.807, 2.05) is 6.92 Å². The maximum atomic E-state index is 5.95. The van der Waals surface area contributed by atoms with E-state index in [2.05, 4.69) is 21.6 Å². The molecule has 1 rings (SSSR count). The van der Waals surface area contributed by atoms with Gasteiger partial charge in [0.05, 0.1) is 5.38 Å². The standard InChI is InChI=1S/C8H14ClN3S/c1-3-6(9)5-10-8-11-7(4-2)12-13-8/h6H,3-5H2,1-2H3,(H,10,11,12). The topological polar surface area (TPSA) is 37.8 Å². The summed E-state index contributed by atoms with van der Waals surface area (Å²) in [5.41, 5.74) is 0. The molecule has 0 saturated heterocycles. The van der Waals surface area contributed by atoms with E-state index >= 15 is 0 Å². The second kappa shape index (κ2) is 5.40. The Balaban J connectivity index is 2.36. The van der Waals surface area contributed by atoms with Crippen LogP contribution in [-0.2, 0) is 6.42 Å². The van der Waals surface area contributed by atoms with Gasteiger partial charge in [-0.3, -0.25) is 0 Å². The number of rotatable bonds is 5. The molecule has 0 radical (unpaired) electrons. The third kappa shape index (κ3) is 3.48. The number of nitrogens with one attached hydrogen (secondary N) is 1. The Morgan fingerprint density at radius 3 is 2.85 bits per heavy atom. The largest absolute Gasteiger partial charge is 0.359 e. The van der Waals surface area contributed by atoms with Crippen molar-refractivity contribution >= 4 is 28.3 Å². The van der Waals surface area contributed by atoms with Crippen LogP contribution in [0.4, 0.5) is 5.13 Å². The predicted molar refractivity (Wildman–Crippen MR) is 57.7 cm³/mol. The highest BCUT2D eigenvalue weighted by Gasteiger charge is 2.04. The molecule has 1 N–H and O–H groups in total. The maximum absolute atomic E-state index is 5.95. The third-order valence-electron chi connectivity index (χ3n) is 1.70. The quantitative estimate of drug-likeness (QED) is 0.774. The average Bonchev–Trinajstić information content (AvgIpc) is 2.61. The third-order valence-corrected chi connectivity index (χ3v) is 2.88. The summed E-state index contributed by atoms with van der Waals surface area (Å²) in [5, 5.41) is 4.21. The molecule has 0 spiro atoms. The number of aryl methyl sites for hydroxylation is 1. The van der Waals surface area contributed by atoms with Gasteiger partial charge < -0.3 is 5.32 Å². The number of hydrogen-bond acceptors (Lipinski definition) is 4. The number of alkyl halides is 1. The molecule has 1 unspecified atom stereocenters. The Hall–Kier alpha value is -0.350. The summed E-state index contributed by atoms with van der Waals surface area (Å²) in [6.45, 7) is 4.87. The molecular formula is C8H14ClN3S. The molecule has 1 aromatic heterocycles. The van der Waals surface area contributed by atoms with E-state index in [-0.39, 0.29) is 5.38 Å². The maximum Gasteiger partial charge on any atom is 0.202 e. The molecule has 1 aromatic rings. The number of halogens is 1. The zero-order chi connectivity index (χ0) is 9.68. The van der Waals surface area contributed by atoms with Crippen LogP contribution in [0.5, 0.6) is 0 Å². The summed E-state index contributed by atoms with van der Waals surface area (Å²) in [4.78, 5) is 4.27. The molecule has 0 aliphatic rings. The molecule has 0 amide bonds. The Morgan fingerprint density at radius 1 is 1.54 bits per heavy atom. The highest BCUT2D eigenvalue weighted by molar-refractivity contribution is 7.09. The van der Waals surface area contributed by atoms with Gasteiger partial charge in [-0.1, -0.05) is 13.8 Å². The minimum atomic E-state index is 0.175. The number of nitrogens with zero attached hydrogens (tertiary/aromatic N) is 2. The first kappa shape index (κ1) is 10.7. The van der Waals surface area contributed by atoms with E-state index in [9.17, 15) is 0 Å². The van der Waals surface area contributed by atoms with Crippen molar-refractivity contribution in [2.24, 2.45) is 0 Å². The molecule has 0 saturated carbocycles. The van der Waals surface area contributed by atoms with Gasteiger partial charge in [0.25, 0.3) is 0 Å². The monoisotopic (exact) mass is 219 g/mol. The molecule has 74 valence electrons. The number of aromatic nitrogens is 2. The van der Waals surface area contributed by atoms with Gasteiger partial charge in [-0.15, -0.1) is 11.6 Å². The fourth-order valence-corrected chi connectivity index (χ4v) is 1.54. The van der Waals surface area contributed by atoms with Crippen molar-refractivity contribution in [2.75, 3.05) is 11.9 Å². The van der Waals surface area contributed by atoms with Crippen molar-refractivity contribution in [3.8, 4) is 0 Å².